The lowest BCUT2D eigenvalue weighted by molar-refractivity contribution is 0.102. The minimum atomic E-state index is -0.903. The fourth-order valence-electron chi connectivity index (χ4n) is 1.35. The summed E-state index contributed by atoms with van der Waals surface area (Å²) < 4.78 is 26.6. The predicted octanol–water partition coefficient (Wildman–Crippen LogP) is 2.06. The van der Waals surface area contributed by atoms with Gasteiger partial charge in [0.2, 0.25) is 0 Å². The van der Waals surface area contributed by atoms with Crippen molar-refractivity contribution >= 4 is 33.3 Å². The minimum Gasteiger partial charge on any atom is -0.318 e. The molecule has 0 aliphatic rings. The quantitative estimate of drug-likeness (QED) is 0.450. The zero-order valence-electron chi connectivity index (χ0n) is 9.82. The van der Waals surface area contributed by atoms with Gasteiger partial charge in [-0.2, -0.15) is 0 Å². The Morgan fingerprint density at radius 2 is 2.00 bits per heavy atom. The number of anilines is 2. The van der Waals surface area contributed by atoms with Crippen LogP contribution in [0.4, 0.5) is 20.3 Å². The Morgan fingerprint density at radius 1 is 1.25 bits per heavy atom. The largest absolute Gasteiger partial charge is 0.318 e. The number of hydrogen-bond acceptors (Lipinski definition) is 5. The second-order valence-corrected chi connectivity index (χ2v) is 4.49. The molecule has 0 aliphatic carbocycles. The Hall–Kier alpha value is -2.13. The molecule has 0 spiro atoms. The molecule has 9 heteroatoms. The summed E-state index contributed by atoms with van der Waals surface area (Å²) in [5.41, 5.74) is 1.98. The van der Waals surface area contributed by atoms with Crippen LogP contribution >= 0.6 is 15.9 Å². The number of rotatable bonds is 3. The summed E-state index contributed by atoms with van der Waals surface area (Å²) >= 11 is 2.90. The summed E-state index contributed by atoms with van der Waals surface area (Å²) in [6.45, 7) is 0. The summed E-state index contributed by atoms with van der Waals surface area (Å²) in [5, 5.41) is 2.26. The van der Waals surface area contributed by atoms with E-state index >= 15 is 0 Å². The molecule has 104 valence electrons. The number of benzene rings is 1. The van der Waals surface area contributed by atoms with Crippen molar-refractivity contribution < 1.29 is 13.6 Å². The highest BCUT2D eigenvalue weighted by atomic mass is 79.9. The SMILES string of the molecule is NNc1cncc(C(=O)Nc2cc(Br)c(F)cc2F)n1. The van der Waals surface area contributed by atoms with Gasteiger partial charge in [-0.25, -0.2) is 19.6 Å². The normalized spacial score (nSPS) is 10.2. The van der Waals surface area contributed by atoms with Gasteiger partial charge in [-0.3, -0.25) is 9.78 Å². The number of nitrogen functional groups attached to an aromatic ring is 1. The van der Waals surface area contributed by atoms with Crippen LogP contribution in [-0.2, 0) is 0 Å². The molecule has 4 N–H and O–H groups in total. The van der Waals surface area contributed by atoms with E-state index in [4.69, 9.17) is 5.84 Å². The van der Waals surface area contributed by atoms with E-state index in [-0.39, 0.29) is 21.7 Å². The van der Waals surface area contributed by atoms with E-state index in [0.717, 1.165) is 6.07 Å². The first-order valence-corrected chi connectivity index (χ1v) is 6.05. The Kier molecular flexibility index (Phi) is 4.20. The van der Waals surface area contributed by atoms with E-state index in [9.17, 15) is 13.6 Å². The molecular weight excluding hydrogens is 336 g/mol. The van der Waals surface area contributed by atoms with Gasteiger partial charge in [0, 0.05) is 6.07 Å². The summed E-state index contributed by atoms with van der Waals surface area (Å²) in [5.74, 6) is 2.95. The fourth-order valence-corrected chi connectivity index (χ4v) is 1.69. The third-order valence-electron chi connectivity index (χ3n) is 2.27. The van der Waals surface area contributed by atoms with Crippen molar-refractivity contribution in [2.75, 3.05) is 10.7 Å². The topological polar surface area (TPSA) is 92.9 Å². The van der Waals surface area contributed by atoms with E-state index in [0.29, 0.717) is 6.07 Å². The van der Waals surface area contributed by atoms with Crippen molar-refractivity contribution in [3.8, 4) is 0 Å². The van der Waals surface area contributed by atoms with E-state index in [1.165, 1.54) is 12.4 Å². The number of hydrazine groups is 1. The van der Waals surface area contributed by atoms with Gasteiger partial charge in [0.05, 0.1) is 22.6 Å². The highest BCUT2D eigenvalue weighted by Crippen LogP contribution is 2.24. The van der Waals surface area contributed by atoms with E-state index in [2.05, 4.69) is 36.6 Å². The average molecular weight is 344 g/mol. The number of amides is 1. The predicted molar refractivity (Wildman–Crippen MR) is 71.9 cm³/mol. The second-order valence-electron chi connectivity index (χ2n) is 3.63. The molecule has 1 heterocycles. The fraction of sp³-hybridized carbons (Fsp3) is 0. The molecule has 1 amide bonds. The van der Waals surface area contributed by atoms with Crippen molar-refractivity contribution in [3.63, 3.8) is 0 Å². The van der Waals surface area contributed by atoms with Crippen molar-refractivity contribution in [2.45, 2.75) is 0 Å². The molecule has 0 bridgehead atoms. The van der Waals surface area contributed by atoms with Crippen LogP contribution in [0.3, 0.4) is 0 Å². The number of nitrogens with zero attached hydrogens (tertiary/aromatic N) is 2. The van der Waals surface area contributed by atoms with Crippen LogP contribution in [0, 0.1) is 11.6 Å². The molecular formula is C11H8BrF2N5O. The first-order valence-electron chi connectivity index (χ1n) is 5.26. The molecule has 1 aromatic heterocycles. The van der Waals surface area contributed by atoms with Gasteiger partial charge in [-0.05, 0) is 22.0 Å². The molecule has 20 heavy (non-hydrogen) atoms. The van der Waals surface area contributed by atoms with Gasteiger partial charge in [0.1, 0.15) is 17.3 Å². The second kappa shape index (κ2) is 5.88. The zero-order valence-corrected chi connectivity index (χ0v) is 11.4. The molecule has 0 unspecified atom stereocenters. The lowest BCUT2D eigenvalue weighted by Gasteiger charge is -2.07. The number of carbonyl (C=O) groups is 1. The van der Waals surface area contributed by atoms with Gasteiger partial charge in [-0.1, -0.05) is 0 Å². The lowest BCUT2D eigenvalue weighted by Crippen LogP contribution is -2.17. The van der Waals surface area contributed by atoms with Crippen LogP contribution in [0.2, 0.25) is 0 Å². The Morgan fingerprint density at radius 3 is 2.70 bits per heavy atom. The highest BCUT2D eigenvalue weighted by molar-refractivity contribution is 9.10. The number of hydrogen-bond donors (Lipinski definition) is 3. The smallest absolute Gasteiger partial charge is 0.276 e. The maximum absolute atomic E-state index is 13.5. The first-order chi connectivity index (χ1) is 9.51. The molecule has 0 fully saturated rings. The summed E-state index contributed by atoms with van der Waals surface area (Å²) in [7, 11) is 0. The molecule has 1 aromatic carbocycles. The summed E-state index contributed by atoms with van der Waals surface area (Å²) in [6, 6.07) is 1.77. The lowest BCUT2D eigenvalue weighted by atomic mass is 10.3. The molecule has 0 saturated carbocycles. The van der Waals surface area contributed by atoms with Crippen LogP contribution in [0.25, 0.3) is 0 Å². The number of halogens is 3. The van der Waals surface area contributed by atoms with E-state index in [1.807, 2.05) is 0 Å². The highest BCUT2D eigenvalue weighted by Gasteiger charge is 2.14. The van der Waals surface area contributed by atoms with Crippen LogP contribution in [-0.4, -0.2) is 15.9 Å². The maximum atomic E-state index is 13.5. The monoisotopic (exact) mass is 343 g/mol. The van der Waals surface area contributed by atoms with Crippen LogP contribution in [0.5, 0.6) is 0 Å². The van der Waals surface area contributed by atoms with Gasteiger partial charge in [0.25, 0.3) is 5.91 Å². The van der Waals surface area contributed by atoms with Crippen molar-refractivity contribution in [3.05, 3.63) is 46.3 Å². The Bertz CT molecular complexity index is 667. The van der Waals surface area contributed by atoms with Gasteiger partial charge < -0.3 is 10.7 Å². The van der Waals surface area contributed by atoms with Gasteiger partial charge in [0.15, 0.2) is 5.82 Å². The molecule has 0 saturated heterocycles. The maximum Gasteiger partial charge on any atom is 0.276 e. The molecule has 0 aliphatic heterocycles. The van der Waals surface area contributed by atoms with Crippen LogP contribution in [0.1, 0.15) is 10.5 Å². The molecule has 2 aromatic rings. The summed E-state index contributed by atoms with van der Waals surface area (Å²) in [6.07, 6.45) is 2.50. The van der Waals surface area contributed by atoms with Crippen molar-refractivity contribution in [1.29, 1.82) is 0 Å². The Labute approximate surface area is 120 Å². The molecule has 2 rings (SSSR count). The molecule has 0 atom stereocenters. The third kappa shape index (κ3) is 3.06. The number of carbonyl (C=O) groups excluding carboxylic acids is 1. The first kappa shape index (κ1) is 14.3. The zero-order chi connectivity index (χ0) is 14.7. The molecule has 0 radical (unpaired) electrons. The van der Waals surface area contributed by atoms with Crippen molar-refractivity contribution in [1.82, 2.24) is 9.97 Å². The standard InChI is InChI=1S/C11H8BrF2N5O/c12-5-1-8(7(14)2-6(5)13)18-11(20)9-3-16-4-10(17-9)19-15/h1-4H,15H2,(H,17,19)(H,18,20). The van der Waals surface area contributed by atoms with Crippen LogP contribution < -0.4 is 16.6 Å². The Balaban J connectivity index is 2.25. The minimum absolute atomic E-state index is 0.0256. The van der Waals surface area contributed by atoms with Crippen LogP contribution in [0.15, 0.2) is 29.0 Å². The number of nitrogens with one attached hydrogen (secondary N) is 2. The van der Waals surface area contributed by atoms with Gasteiger partial charge in [-0.15, -0.1) is 0 Å². The van der Waals surface area contributed by atoms with E-state index < -0.39 is 17.5 Å². The number of aromatic nitrogens is 2. The van der Waals surface area contributed by atoms with E-state index in [1.54, 1.807) is 0 Å². The van der Waals surface area contributed by atoms with Gasteiger partial charge >= 0.3 is 0 Å². The molecule has 6 nitrogen and oxygen atoms in total. The number of nitrogens with two attached hydrogens (primary N) is 1. The average Bonchev–Trinajstić information content (AvgIpc) is 2.44. The van der Waals surface area contributed by atoms with Crippen molar-refractivity contribution in [2.24, 2.45) is 5.84 Å². The third-order valence-corrected chi connectivity index (χ3v) is 2.88. The summed E-state index contributed by atoms with van der Waals surface area (Å²) in [4.78, 5) is 19.5.